The summed E-state index contributed by atoms with van der Waals surface area (Å²) in [4.78, 5) is 0. The van der Waals surface area contributed by atoms with E-state index in [4.69, 9.17) is 0 Å². The molecule has 1 nitrogen and oxygen atoms in total. The highest BCUT2D eigenvalue weighted by atomic mass is 15.0. The maximum atomic E-state index is 3.95. The number of fused-ring (bicyclic) bond motifs is 3. The lowest BCUT2D eigenvalue weighted by atomic mass is 9.81. The first-order chi connectivity index (χ1) is 13.3. The molecule has 138 valence electrons. The van der Waals surface area contributed by atoms with Crippen LogP contribution in [-0.2, 0) is 0 Å². The third-order valence-corrected chi connectivity index (χ3v) is 6.93. The molecule has 0 aromatic heterocycles. The van der Waals surface area contributed by atoms with Gasteiger partial charge in [-0.3, -0.25) is 0 Å². The standard InChI is InChI=1S/C26H29N/c1-18-7-4-8-19(15-18)20-9-5-10-21(16-20)22-11-6-13-24-23-12-2-3-14-25(23)27-26(24)17-22/h2-5,7-10,12,14-16,22-27H,6,11,13,17H2,1H3. The average Bonchev–Trinajstić information content (AvgIpc) is 2.91. The molecule has 0 spiro atoms. The zero-order valence-corrected chi connectivity index (χ0v) is 16.1. The Labute approximate surface area is 163 Å². The van der Waals surface area contributed by atoms with E-state index in [0.717, 1.165) is 5.92 Å². The average molecular weight is 356 g/mol. The molecule has 0 bridgehead atoms. The van der Waals surface area contributed by atoms with Crippen LogP contribution in [0.2, 0.25) is 0 Å². The molecule has 1 heteroatoms. The molecule has 3 aliphatic rings. The first kappa shape index (κ1) is 17.0. The van der Waals surface area contributed by atoms with Crippen molar-refractivity contribution in [1.29, 1.82) is 0 Å². The number of benzene rings is 2. The number of allylic oxidation sites excluding steroid dienone is 2. The quantitative estimate of drug-likeness (QED) is 0.695. The molecule has 2 aromatic carbocycles. The maximum absolute atomic E-state index is 3.95. The lowest BCUT2D eigenvalue weighted by Crippen LogP contribution is -2.31. The van der Waals surface area contributed by atoms with Crippen LogP contribution in [-0.4, -0.2) is 12.1 Å². The summed E-state index contributed by atoms with van der Waals surface area (Å²) in [6.07, 6.45) is 14.6. The summed E-state index contributed by atoms with van der Waals surface area (Å²) in [5.74, 6) is 2.18. The van der Waals surface area contributed by atoms with E-state index >= 15 is 0 Å². The van der Waals surface area contributed by atoms with E-state index in [9.17, 15) is 0 Å². The molecule has 1 N–H and O–H groups in total. The van der Waals surface area contributed by atoms with Crippen molar-refractivity contribution in [3.8, 4) is 11.1 Å². The van der Waals surface area contributed by atoms with Gasteiger partial charge in [0.05, 0.1) is 0 Å². The Kier molecular flexibility index (Phi) is 4.49. The topological polar surface area (TPSA) is 12.0 Å². The van der Waals surface area contributed by atoms with Crippen LogP contribution in [0.4, 0.5) is 0 Å². The third kappa shape index (κ3) is 3.30. The van der Waals surface area contributed by atoms with Gasteiger partial charge in [0.15, 0.2) is 0 Å². The predicted molar refractivity (Wildman–Crippen MR) is 114 cm³/mol. The van der Waals surface area contributed by atoms with Gasteiger partial charge < -0.3 is 5.32 Å². The van der Waals surface area contributed by atoms with Gasteiger partial charge in [0.25, 0.3) is 0 Å². The molecule has 27 heavy (non-hydrogen) atoms. The highest BCUT2D eigenvalue weighted by Crippen LogP contribution is 2.43. The number of nitrogens with one attached hydrogen (secondary N) is 1. The summed E-state index contributed by atoms with van der Waals surface area (Å²) in [5, 5.41) is 3.95. The fourth-order valence-corrected chi connectivity index (χ4v) is 5.60. The Balaban J connectivity index is 1.40. The smallest absolute Gasteiger partial charge is 0.0322 e. The second kappa shape index (κ2) is 7.13. The van der Waals surface area contributed by atoms with Crippen LogP contribution in [0.3, 0.4) is 0 Å². The molecule has 2 aliphatic carbocycles. The van der Waals surface area contributed by atoms with Crippen molar-refractivity contribution in [2.75, 3.05) is 0 Å². The van der Waals surface area contributed by atoms with Gasteiger partial charge >= 0.3 is 0 Å². The summed E-state index contributed by atoms with van der Waals surface area (Å²) in [7, 11) is 0. The highest BCUT2D eigenvalue weighted by molar-refractivity contribution is 5.65. The van der Waals surface area contributed by atoms with Crippen LogP contribution < -0.4 is 5.32 Å². The summed E-state index contributed by atoms with van der Waals surface area (Å²) in [6.45, 7) is 2.17. The van der Waals surface area contributed by atoms with Crippen molar-refractivity contribution in [1.82, 2.24) is 5.32 Å². The molecule has 1 saturated heterocycles. The largest absolute Gasteiger partial charge is 0.307 e. The fraction of sp³-hybridized carbons (Fsp3) is 0.385. The van der Waals surface area contributed by atoms with Crippen molar-refractivity contribution < 1.29 is 0 Å². The van der Waals surface area contributed by atoms with E-state index in [1.54, 1.807) is 0 Å². The van der Waals surface area contributed by atoms with E-state index < -0.39 is 0 Å². The van der Waals surface area contributed by atoms with Gasteiger partial charge in [0.2, 0.25) is 0 Å². The van der Waals surface area contributed by atoms with Crippen molar-refractivity contribution in [3.05, 3.63) is 84.0 Å². The molecular weight excluding hydrogens is 326 g/mol. The van der Waals surface area contributed by atoms with Crippen molar-refractivity contribution in [2.45, 2.75) is 50.6 Å². The second-order valence-corrected chi connectivity index (χ2v) is 8.67. The zero-order chi connectivity index (χ0) is 18.2. The zero-order valence-electron chi connectivity index (χ0n) is 16.1. The molecule has 1 heterocycles. The minimum Gasteiger partial charge on any atom is -0.307 e. The lowest BCUT2D eigenvalue weighted by molar-refractivity contribution is 0.375. The predicted octanol–water partition coefficient (Wildman–Crippen LogP) is 6.02. The molecule has 5 rings (SSSR count). The first-order valence-electron chi connectivity index (χ1n) is 10.6. The van der Waals surface area contributed by atoms with Crippen molar-refractivity contribution in [3.63, 3.8) is 0 Å². The van der Waals surface area contributed by atoms with Gasteiger partial charge in [0, 0.05) is 18.0 Å². The molecular formula is C26H29N. The summed E-state index contributed by atoms with van der Waals surface area (Å²) in [5.41, 5.74) is 5.55. The molecule has 2 fully saturated rings. The van der Waals surface area contributed by atoms with Gasteiger partial charge in [-0.25, -0.2) is 0 Å². The van der Waals surface area contributed by atoms with Gasteiger partial charge in [-0.2, -0.15) is 0 Å². The third-order valence-electron chi connectivity index (χ3n) is 6.93. The molecule has 1 saturated carbocycles. The second-order valence-electron chi connectivity index (χ2n) is 8.67. The normalized spacial score (nSPS) is 32.0. The van der Waals surface area contributed by atoms with Crippen LogP contribution in [0, 0.1) is 18.8 Å². The molecule has 0 radical (unpaired) electrons. The SMILES string of the molecule is Cc1cccc(-c2cccc(C3CCCC4C(C3)NC3C=CC=CC34)c2)c1. The van der Waals surface area contributed by atoms with Crippen molar-refractivity contribution in [2.24, 2.45) is 11.8 Å². The van der Waals surface area contributed by atoms with E-state index in [0.29, 0.717) is 23.9 Å². The van der Waals surface area contributed by atoms with Gasteiger partial charge in [-0.1, -0.05) is 84.8 Å². The van der Waals surface area contributed by atoms with Crippen LogP contribution in [0.15, 0.2) is 72.8 Å². The monoisotopic (exact) mass is 355 g/mol. The number of rotatable bonds is 2. The van der Waals surface area contributed by atoms with Crippen LogP contribution >= 0.6 is 0 Å². The fourth-order valence-electron chi connectivity index (χ4n) is 5.60. The summed E-state index contributed by atoms with van der Waals surface area (Å²) >= 11 is 0. The molecule has 5 unspecified atom stereocenters. The van der Waals surface area contributed by atoms with Gasteiger partial charge in [0.1, 0.15) is 0 Å². The van der Waals surface area contributed by atoms with E-state index in [2.05, 4.69) is 85.1 Å². The van der Waals surface area contributed by atoms with Crippen LogP contribution in [0.25, 0.3) is 11.1 Å². The van der Waals surface area contributed by atoms with Gasteiger partial charge in [-0.05, 0) is 54.7 Å². The van der Waals surface area contributed by atoms with E-state index in [-0.39, 0.29) is 0 Å². The molecule has 0 amide bonds. The Bertz CT molecular complexity index is 877. The minimum atomic E-state index is 0.558. The Morgan fingerprint density at radius 2 is 1.70 bits per heavy atom. The lowest BCUT2D eigenvalue weighted by Gasteiger charge is -2.22. The first-order valence-corrected chi connectivity index (χ1v) is 10.6. The summed E-state index contributed by atoms with van der Waals surface area (Å²) < 4.78 is 0. The van der Waals surface area contributed by atoms with E-state index in [1.807, 2.05) is 0 Å². The Morgan fingerprint density at radius 1 is 0.889 bits per heavy atom. The minimum absolute atomic E-state index is 0.558. The van der Waals surface area contributed by atoms with Crippen LogP contribution in [0.5, 0.6) is 0 Å². The summed E-state index contributed by atoms with van der Waals surface area (Å²) in [6, 6.07) is 19.4. The maximum Gasteiger partial charge on any atom is 0.0322 e. The number of hydrogen-bond donors (Lipinski definition) is 1. The number of aryl methyl sites for hydroxylation is 1. The Hall–Kier alpha value is -2.12. The number of hydrogen-bond acceptors (Lipinski definition) is 1. The van der Waals surface area contributed by atoms with Gasteiger partial charge in [-0.15, -0.1) is 0 Å². The molecule has 2 aromatic rings. The van der Waals surface area contributed by atoms with Crippen molar-refractivity contribution >= 4 is 0 Å². The Morgan fingerprint density at radius 3 is 2.59 bits per heavy atom. The molecule has 1 aliphatic heterocycles. The molecule has 5 atom stereocenters. The highest BCUT2D eigenvalue weighted by Gasteiger charge is 2.42. The van der Waals surface area contributed by atoms with Crippen LogP contribution in [0.1, 0.15) is 42.7 Å². The van der Waals surface area contributed by atoms with E-state index in [1.165, 1.54) is 47.9 Å².